The number of nitrogens with one attached hydrogen (secondary N) is 1. The van der Waals surface area contributed by atoms with Gasteiger partial charge in [0.2, 0.25) is 5.91 Å². The highest BCUT2D eigenvalue weighted by Gasteiger charge is 2.24. The summed E-state index contributed by atoms with van der Waals surface area (Å²) >= 11 is 6.64. The standard InChI is InChI=1S/C10H15ClN2O4S2/c1-13(7-9(15)12-5-2-6-14)19(16,17)10-4-3-8(11)18-10/h3-4,14H,2,5-7H2,1H3,(H,12,15). The Morgan fingerprint density at radius 1 is 1.53 bits per heavy atom. The number of halogens is 1. The van der Waals surface area contributed by atoms with Gasteiger partial charge in [0.1, 0.15) is 4.21 Å². The predicted molar refractivity (Wildman–Crippen MR) is 73.9 cm³/mol. The van der Waals surface area contributed by atoms with Crippen LogP contribution >= 0.6 is 22.9 Å². The molecule has 108 valence electrons. The summed E-state index contributed by atoms with van der Waals surface area (Å²) in [4.78, 5) is 11.5. The van der Waals surface area contributed by atoms with E-state index in [0.29, 0.717) is 17.3 Å². The second kappa shape index (κ2) is 7.20. The molecular weight excluding hydrogens is 312 g/mol. The summed E-state index contributed by atoms with van der Waals surface area (Å²) in [5.41, 5.74) is 0. The fourth-order valence-electron chi connectivity index (χ4n) is 1.24. The van der Waals surface area contributed by atoms with Gasteiger partial charge in [-0.3, -0.25) is 4.79 Å². The molecule has 1 heterocycles. The summed E-state index contributed by atoms with van der Waals surface area (Å²) in [6.45, 7) is 0.0133. The summed E-state index contributed by atoms with van der Waals surface area (Å²) in [6.07, 6.45) is 0.433. The molecule has 0 spiro atoms. The second-order valence-electron chi connectivity index (χ2n) is 3.75. The Morgan fingerprint density at radius 3 is 2.74 bits per heavy atom. The molecule has 0 saturated heterocycles. The van der Waals surface area contributed by atoms with Crippen molar-refractivity contribution in [3.8, 4) is 0 Å². The number of aliphatic hydroxyl groups excluding tert-OH is 1. The lowest BCUT2D eigenvalue weighted by Gasteiger charge is -2.15. The van der Waals surface area contributed by atoms with E-state index in [1.807, 2.05) is 0 Å². The molecule has 0 unspecified atom stereocenters. The van der Waals surface area contributed by atoms with Crippen molar-refractivity contribution >= 4 is 38.9 Å². The predicted octanol–water partition coefficient (Wildman–Crippen LogP) is 0.521. The smallest absolute Gasteiger partial charge is 0.252 e. The number of amides is 1. The molecule has 0 aromatic carbocycles. The van der Waals surface area contributed by atoms with Crippen LogP contribution in [0.5, 0.6) is 0 Å². The van der Waals surface area contributed by atoms with Gasteiger partial charge in [-0.15, -0.1) is 11.3 Å². The van der Waals surface area contributed by atoms with E-state index in [9.17, 15) is 13.2 Å². The SMILES string of the molecule is CN(CC(=O)NCCCO)S(=O)(=O)c1ccc(Cl)s1. The quantitative estimate of drug-likeness (QED) is 0.715. The number of hydrogen-bond donors (Lipinski definition) is 2. The van der Waals surface area contributed by atoms with Crippen molar-refractivity contribution in [2.24, 2.45) is 0 Å². The van der Waals surface area contributed by atoms with Gasteiger partial charge in [-0.05, 0) is 18.6 Å². The highest BCUT2D eigenvalue weighted by Crippen LogP contribution is 2.27. The molecule has 0 radical (unpaired) electrons. The molecule has 0 atom stereocenters. The molecule has 0 fully saturated rings. The van der Waals surface area contributed by atoms with Gasteiger partial charge in [0.15, 0.2) is 0 Å². The molecular formula is C10H15ClN2O4S2. The van der Waals surface area contributed by atoms with E-state index in [4.69, 9.17) is 16.7 Å². The number of nitrogens with zero attached hydrogens (tertiary/aromatic N) is 1. The highest BCUT2D eigenvalue weighted by molar-refractivity contribution is 7.91. The molecule has 0 saturated carbocycles. The average Bonchev–Trinajstić information content (AvgIpc) is 2.76. The van der Waals surface area contributed by atoms with Crippen LogP contribution in [-0.4, -0.2) is 50.5 Å². The van der Waals surface area contributed by atoms with Crippen LogP contribution < -0.4 is 5.32 Å². The minimum absolute atomic E-state index is 0.0257. The zero-order chi connectivity index (χ0) is 14.5. The second-order valence-corrected chi connectivity index (χ2v) is 7.73. The lowest BCUT2D eigenvalue weighted by molar-refractivity contribution is -0.121. The van der Waals surface area contributed by atoms with Gasteiger partial charge in [-0.25, -0.2) is 8.42 Å². The fourth-order valence-corrected chi connectivity index (χ4v) is 4.06. The van der Waals surface area contributed by atoms with Crippen LogP contribution in [-0.2, 0) is 14.8 Å². The van der Waals surface area contributed by atoms with Crippen LogP contribution in [0.4, 0.5) is 0 Å². The maximum absolute atomic E-state index is 12.1. The van der Waals surface area contributed by atoms with Crippen LogP contribution in [0.15, 0.2) is 16.3 Å². The molecule has 1 rings (SSSR count). The highest BCUT2D eigenvalue weighted by atomic mass is 35.5. The number of carbonyl (C=O) groups excluding carboxylic acids is 1. The fraction of sp³-hybridized carbons (Fsp3) is 0.500. The first-order valence-corrected chi connectivity index (χ1v) is 8.10. The van der Waals surface area contributed by atoms with E-state index < -0.39 is 15.9 Å². The Hall–Kier alpha value is -0.670. The molecule has 0 aliphatic heterocycles. The lowest BCUT2D eigenvalue weighted by Crippen LogP contribution is -2.38. The Labute approximate surface area is 121 Å². The Morgan fingerprint density at radius 2 is 2.21 bits per heavy atom. The van der Waals surface area contributed by atoms with E-state index in [1.165, 1.54) is 19.2 Å². The van der Waals surface area contributed by atoms with Crippen LogP contribution in [0.25, 0.3) is 0 Å². The average molecular weight is 327 g/mol. The third-order valence-electron chi connectivity index (χ3n) is 2.24. The van der Waals surface area contributed by atoms with Gasteiger partial charge in [-0.2, -0.15) is 4.31 Å². The van der Waals surface area contributed by atoms with Crippen LogP contribution in [0.2, 0.25) is 4.34 Å². The number of hydrogen-bond acceptors (Lipinski definition) is 5. The first kappa shape index (κ1) is 16.4. The van der Waals surface area contributed by atoms with Crippen molar-refractivity contribution in [2.45, 2.75) is 10.6 Å². The van der Waals surface area contributed by atoms with Crippen molar-refractivity contribution in [3.63, 3.8) is 0 Å². The van der Waals surface area contributed by atoms with Crippen molar-refractivity contribution in [2.75, 3.05) is 26.7 Å². The van der Waals surface area contributed by atoms with Gasteiger partial charge in [0.05, 0.1) is 10.9 Å². The van der Waals surface area contributed by atoms with Gasteiger partial charge in [0, 0.05) is 20.2 Å². The zero-order valence-corrected chi connectivity index (χ0v) is 12.7. The minimum atomic E-state index is -3.69. The van der Waals surface area contributed by atoms with Crippen LogP contribution in [0.1, 0.15) is 6.42 Å². The van der Waals surface area contributed by atoms with Crippen LogP contribution in [0, 0.1) is 0 Å². The van der Waals surface area contributed by atoms with Crippen molar-refractivity contribution < 1.29 is 18.3 Å². The number of thiophene rings is 1. The molecule has 1 amide bonds. The number of carbonyl (C=O) groups is 1. The molecule has 1 aromatic rings. The Bertz CT molecular complexity index is 529. The minimum Gasteiger partial charge on any atom is -0.396 e. The number of aliphatic hydroxyl groups is 1. The monoisotopic (exact) mass is 326 g/mol. The maximum atomic E-state index is 12.1. The van der Waals surface area contributed by atoms with Crippen LogP contribution in [0.3, 0.4) is 0 Å². The molecule has 19 heavy (non-hydrogen) atoms. The molecule has 2 N–H and O–H groups in total. The molecule has 0 bridgehead atoms. The Balaban J connectivity index is 2.62. The summed E-state index contributed by atoms with van der Waals surface area (Å²) in [5.74, 6) is -0.415. The van der Waals surface area contributed by atoms with E-state index in [0.717, 1.165) is 15.6 Å². The number of sulfonamides is 1. The Kier molecular flexibility index (Phi) is 6.21. The first-order valence-electron chi connectivity index (χ1n) is 5.47. The number of rotatable bonds is 7. The first-order chi connectivity index (χ1) is 8.87. The number of likely N-dealkylation sites (N-methyl/N-ethyl adjacent to an activating group) is 1. The van der Waals surface area contributed by atoms with Crippen molar-refractivity contribution in [3.05, 3.63) is 16.5 Å². The summed E-state index contributed by atoms with van der Waals surface area (Å²) in [7, 11) is -2.36. The van der Waals surface area contributed by atoms with E-state index in [-0.39, 0.29) is 17.4 Å². The summed E-state index contributed by atoms with van der Waals surface area (Å²) in [6, 6.07) is 2.90. The summed E-state index contributed by atoms with van der Waals surface area (Å²) in [5, 5.41) is 11.1. The van der Waals surface area contributed by atoms with E-state index in [1.54, 1.807) is 0 Å². The van der Waals surface area contributed by atoms with Gasteiger partial charge in [-0.1, -0.05) is 11.6 Å². The van der Waals surface area contributed by atoms with Crippen molar-refractivity contribution in [1.82, 2.24) is 9.62 Å². The van der Waals surface area contributed by atoms with E-state index >= 15 is 0 Å². The largest absolute Gasteiger partial charge is 0.396 e. The third kappa shape index (κ3) is 4.73. The maximum Gasteiger partial charge on any atom is 0.252 e. The van der Waals surface area contributed by atoms with Gasteiger partial charge >= 0.3 is 0 Å². The lowest BCUT2D eigenvalue weighted by atomic mass is 10.4. The molecule has 1 aromatic heterocycles. The molecule has 0 aliphatic rings. The molecule has 9 heteroatoms. The zero-order valence-electron chi connectivity index (χ0n) is 10.3. The summed E-state index contributed by atoms with van der Waals surface area (Å²) < 4.78 is 25.6. The molecule has 6 nitrogen and oxygen atoms in total. The van der Waals surface area contributed by atoms with Gasteiger partial charge < -0.3 is 10.4 Å². The normalized spacial score (nSPS) is 11.8. The topological polar surface area (TPSA) is 86.7 Å². The van der Waals surface area contributed by atoms with E-state index in [2.05, 4.69) is 5.32 Å². The van der Waals surface area contributed by atoms with Crippen molar-refractivity contribution in [1.29, 1.82) is 0 Å². The molecule has 0 aliphatic carbocycles. The van der Waals surface area contributed by atoms with Gasteiger partial charge in [0.25, 0.3) is 10.0 Å². The third-order valence-corrected chi connectivity index (χ3v) is 5.74.